The van der Waals surface area contributed by atoms with Crippen molar-refractivity contribution in [2.24, 2.45) is 0 Å². The number of anilines is 1. The second kappa shape index (κ2) is 9.93. The summed E-state index contributed by atoms with van der Waals surface area (Å²) >= 11 is 2.02. The quantitative estimate of drug-likeness (QED) is 0.736. The van der Waals surface area contributed by atoms with Crippen molar-refractivity contribution in [3.05, 3.63) is 29.3 Å². The summed E-state index contributed by atoms with van der Waals surface area (Å²) in [5, 5.41) is 2.90. The van der Waals surface area contributed by atoms with E-state index >= 15 is 0 Å². The molecule has 2 rings (SSSR count). The van der Waals surface area contributed by atoms with Gasteiger partial charge in [-0.25, -0.2) is 0 Å². The predicted molar refractivity (Wildman–Crippen MR) is 95.1 cm³/mol. The van der Waals surface area contributed by atoms with Crippen molar-refractivity contribution < 1.29 is 14.3 Å². The molecule has 1 aliphatic rings. The smallest absolute Gasteiger partial charge is 0.250 e. The Morgan fingerprint density at radius 2 is 2.09 bits per heavy atom. The fraction of sp³-hybridized carbons (Fsp3) is 0.588. The van der Waals surface area contributed by atoms with Gasteiger partial charge in [0.2, 0.25) is 5.91 Å². The van der Waals surface area contributed by atoms with E-state index in [-0.39, 0.29) is 12.5 Å². The Morgan fingerprint density at radius 1 is 1.30 bits per heavy atom. The molecule has 1 amide bonds. The number of amides is 1. The van der Waals surface area contributed by atoms with Crippen LogP contribution in [0, 0.1) is 6.92 Å². The lowest BCUT2D eigenvalue weighted by atomic mass is 10.1. The summed E-state index contributed by atoms with van der Waals surface area (Å²) in [5.74, 6) is 2.30. The molecule has 0 unspecified atom stereocenters. The lowest BCUT2D eigenvalue weighted by molar-refractivity contribution is -0.121. The molecule has 0 bridgehead atoms. The molecule has 23 heavy (non-hydrogen) atoms. The van der Waals surface area contributed by atoms with Crippen LogP contribution in [-0.2, 0) is 20.8 Å². The van der Waals surface area contributed by atoms with Gasteiger partial charge in [0.1, 0.15) is 6.61 Å². The molecule has 1 aromatic carbocycles. The van der Waals surface area contributed by atoms with Gasteiger partial charge < -0.3 is 14.8 Å². The Labute approximate surface area is 142 Å². The van der Waals surface area contributed by atoms with Gasteiger partial charge in [0.05, 0.1) is 13.2 Å². The minimum atomic E-state index is -0.134. The number of nitrogens with zero attached hydrogens (tertiary/aromatic N) is 1. The number of methoxy groups -OCH3 is 1. The second-order valence-electron chi connectivity index (χ2n) is 5.63. The third-order valence-electron chi connectivity index (χ3n) is 3.74. The Bertz CT molecular complexity index is 505. The fourth-order valence-electron chi connectivity index (χ4n) is 2.48. The molecule has 0 radical (unpaired) electrons. The van der Waals surface area contributed by atoms with Crippen LogP contribution in [0.5, 0.6) is 0 Å². The first-order valence-corrected chi connectivity index (χ1v) is 9.10. The van der Waals surface area contributed by atoms with E-state index in [1.165, 1.54) is 17.1 Å². The standard InChI is InChI=1S/C17H26N2O3S/c1-14-11-15(12-19-5-9-23-10-6-19)3-4-16(14)18-17(20)13-22-8-7-21-2/h3-4,11H,5-10,12-13H2,1-2H3,(H,18,20). The number of thioether (sulfide) groups is 1. The van der Waals surface area contributed by atoms with Crippen molar-refractivity contribution in [2.75, 3.05) is 56.8 Å². The van der Waals surface area contributed by atoms with Crippen LogP contribution in [0.2, 0.25) is 0 Å². The summed E-state index contributed by atoms with van der Waals surface area (Å²) in [4.78, 5) is 14.3. The van der Waals surface area contributed by atoms with E-state index in [0.717, 1.165) is 30.9 Å². The zero-order valence-corrected chi connectivity index (χ0v) is 14.8. The third-order valence-corrected chi connectivity index (χ3v) is 4.68. The fourth-order valence-corrected chi connectivity index (χ4v) is 3.45. The molecule has 1 aromatic rings. The number of rotatable bonds is 8. The number of benzene rings is 1. The maximum atomic E-state index is 11.8. The van der Waals surface area contributed by atoms with Gasteiger partial charge in [-0.05, 0) is 24.1 Å². The van der Waals surface area contributed by atoms with Crippen LogP contribution < -0.4 is 5.32 Å². The van der Waals surface area contributed by atoms with Crippen LogP contribution in [0.25, 0.3) is 0 Å². The number of nitrogens with one attached hydrogen (secondary N) is 1. The molecule has 1 aliphatic heterocycles. The van der Waals surface area contributed by atoms with Crippen LogP contribution in [0.15, 0.2) is 18.2 Å². The van der Waals surface area contributed by atoms with Crippen molar-refractivity contribution in [3.63, 3.8) is 0 Å². The van der Waals surface area contributed by atoms with Gasteiger partial charge in [-0.2, -0.15) is 11.8 Å². The second-order valence-corrected chi connectivity index (χ2v) is 6.86. The highest BCUT2D eigenvalue weighted by Gasteiger charge is 2.12. The highest BCUT2D eigenvalue weighted by molar-refractivity contribution is 7.99. The largest absolute Gasteiger partial charge is 0.382 e. The summed E-state index contributed by atoms with van der Waals surface area (Å²) in [7, 11) is 1.61. The Hall–Kier alpha value is -1.08. The molecule has 1 N–H and O–H groups in total. The molecule has 0 atom stereocenters. The molecule has 5 nitrogen and oxygen atoms in total. The summed E-state index contributed by atoms with van der Waals surface area (Å²) in [6, 6.07) is 6.23. The summed E-state index contributed by atoms with van der Waals surface area (Å²) < 4.78 is 10.1. The molecule has 1 saturated heterocycles. The number of hydrogen-bond acceptors (Lipinski definition) is 5. The van der Waals surface area contributed by atoms with Crippen LogP contribution in [0.3, 0.4) is 0 Å². The van der Waals surface area contributed by atoms with Crippen molar-refractivity contribution in [1.29, 1.82) is 0 Å². The van der Waals surface area contributed by atoms with Crippen molar-refractivity contribution in [1.82, 2.24) is 4.90 Å². The molecule has 1 fully saturated rings. The van der Waals surface area contributed by atoms with Gasteiger partial charge in [0.25, 0.3) is 0 Å². The molecule has 0 aliphatic carbocycles. The number of hydrogen-bond donors (Lipinski definition) is 1. The molecular formula is C17H26N2O3S. The van der Waals surface area contributed by atoms with Crippen molar-refractivity contribution in [3.8, 4) is 0 Å². The van der Waals surface area contributed by atoms with E-state index in [1.54, 1.807) is 7.11 Å². The van der Waals surface area contributed by atoms with E-state index in [2.05, 4.69) is 22.3 Å². The molecule has 0 saturated carbocycles. The van der Waals surface area contributed by atoms with Crippen molar-refractivity contribution >= 4 is 23.4 Å². The molecule has 0 spiro atoms. The minimum absolute atomic E-state index is 0.0516. The number of ether oxygens (including phenoxy) is 2. The lowest BCUT2D eigenvalue weighted by Crippen LogP contribution is -2.32. The van der Waals surface area contributed by atoms with Crippen molar-refractivity contribution in [2.45, 2.75) is 13.5 Å². The van der Waals surface area contributed by atoms with E-state index in [1.807, 2.05) is 24.8 Å². The van der Waals surface area contributed by atoms with E-state index in [9.17, 15) is 4.79 Å². The highest BCUT2D eigenvalue weighted by Crippen LogP contribution is 2.19. The minimum Gasteiger partial charge on any atom is -0.382 e. The van der Waals surface area contributed by atoms with Crippen LogP contribution in [0.1, 0.15) is 11.1 Å². The average Bonchev–Trinajstić information content (AvgIpc) is 2.55. The van der Waals surface area contributed by atoms with Crippen LogP contribution in [0.4, 0.5) is 5.69 Å². The monoisotopic (exact) mass is 338 g/mol. The Kier molecular flexibility index (Phi) is 7.88. The zero-order chi connectivity index (χ0) is 16.5. The Morgan fingerprint density at radius 3 is 2.78 bits per heavy atom. The number of carbonyl (C=O) groups excluding carboxylic acids is 1. The summed E-state index contributed by atoms with van der Waals surface area (Å²) in [5.41, 5.74) is 3.23. The highest BCUT2D eigenvalue weighted by atomic mass is 32.2. The molecule has 0 aromatic heterocycles. The first-order valence-electron chi connectivity index (χ1n) is 7.95. The first kappa shape index (κ1) is 18.3. The normalized spacial score (nSPS) is 15.6. The maximum absolute atomic E-state index is 11.8. The van der Waals surface area contributed by atoms with E-state index < -0.39 is 0 Å². The molecule has 6 heteroatoms. The lowest BCUT2D eigenvalue weighted by Gasteiger charge is -2.26. The molecule has 1 heterocycles. The first-order chi connectivity index (χ1) is 11.2. The van der Waals surface area contributed by atoms with E-state index in [0.29, 0.717) is 13.2 Å². The van der Waals surface area contributed by atoms with Crippen LogP contribution >= 0.6 is 11.8 Å². The third kappa shape index (κ3) is 6.51. The molecule has 128 valence electrons. The maximum Gasteiger partial charge on any atom is 0.250 e. The van der Waals surface area contributed by atoms with Crippen LogP contribution in [-0.4, -0.2) is 62.3 Å². The topological polar surface area (TPSA) is 50.8 Å². The van der Waals surface area contributed by atoms with Gasteiger partial charge in [-0.1, -0.05) is 12.1 Å². The average molecular weight is 338 g/mol. The van der Waals surface area contributed by atoms with Gasteiger partial charge in [0.15, 0.2) is 0 Å². The van der Waals surface area contributed by atoms with E-state index in [4.69, 9.17) is 9.47 Å². The molecular weight excluding hydrogens is 312 g/mol. The van der Waals surface area contributed by atoms with Gasteiger partial charge in [-0.15, -0.1) is 0 Å². The SMILES string of the molecule is COCCOCC(=O)Nc1ccc(CN2CCSCC2)cc1C. The number of carbonyl (C=O) groups is 1. The van der Waals surface area contributed by atoms with Gasteiger partial charge >= 0.3 is 0 Å². The summed E-state index contributed by atoms with van der Waals surface area (Å²) in [6.07, 6.45) is 0. The predicted octanol–water partition coefficient (Wildman–Crippen LogP) is 2.15. The summed E-state index contributed by atoms with van der Waals surface area (Å²) in [6.45, 7) is 6.29. The number of aryl methyl sites for hydroxylation is 1. The zero-order valence-electron chi connectivity index (χ0n) is 14.0. The van der Waals surface area contributed by atoms with Gasteiger partial charge in [-0.3, -0.25) is 9.69 Å². The van der Waals surface area contributed by atoms with Gasteiger partial charge in [0, 0.05) is 43.9 Å². The Balaban J connectivity index is 1.82.